The van der Waals surface area contributed by atoms with Crippen molar-refractivity contribution in [3.05, 3.63) is 88.3 Å². The van der Waals surface area contributed by atoms with Crippen LogP contribution in [0.1, 0.15) is 11.1 Å². The van der Waals surface area contributed by atoms with Crippen LogP contribution in [-0.2, 0) is 0 Å². The molecule has 3 heteroatoms. The number of hydrogen-bond donors (Lipinski definition) is 0. The minimum atomic E-state index is -0.287. The third-order valence-electron chi connectivity index (χ3n) is 3.11. The van der Waals surface area contributed by atoms with Gasteiger partial charge in [0.25, 0.3) is 0 Å². The number of aromatic nitrogens is 1. The second-order valence-corrected chi connectivity index (χ2v) is 5.38. The topological polar surface area (TPSA) is 12.9 Å². The van der Waals surface area contributed by atoms with E-state index in [1.54, 1.807) is 24.3 Å². The highest BCUT2D eigenvalue weighted by atomic mass is 79.9. The Labute approximate surface area is 137 Å². The van der Waals surface area contributed by atoms with E-state index in [0.29, 0.717) is 15.9 Å². The predicted octanol–water partition coefficient (Wildman–Crippen LogP) is 5.05. The van der Waals surface area contributed by atoms with Crippen LogP contribution in [0.5, 0.6) is 0 Å². The van der Waals surface area contributed by atoms with Crippen LogP contribution in [0, 0.1) is 17.7 Å². The van der Waals surface area contributed by atoms with Gasteiger partial charge in [0.15, 0.2) is 0 Å². The van der Waals surface area contributed by atoms with Gasteiger partial charge in [-0.1, -0.05) is 42.2 Å². The molecule has 0 aliphatic carbocycles. The van der Waals surface area contributed by atoms with E-state index < -0.39 is 0 Å². The van der Waals surface area contributed by atoms with Crippen molar-refractivity contribution in [1.29, 1.82) is 0 Å². The maximum Gasteiger partial charge on any atom is 0.132 e. The van der Waals surface area contributed by atoms with Crippen LogP contribution in [0.15, 0.2) is 71.3 Å². The van der Waals surface area contributed by atoms with Crippen LogP contribution < -0.4 is 0 Å². The van der Waals surface area contributed by atoms with Crippen LogP contribution in [-0.4, -0.2) is 4.98 Å². The lowest BCUT2D eigenvalue weighted by molar-refractivity contribution is 0.630. The summed E-state index contributed by atoms with van der Waals surface area (Å²) in [5.74, 6) is 5.86. The maximum absolute atomic E-state index is 13.8. The molecule has 0 saturated carbocycles. The van der Waals surface area contributed by atoms with Gasteiger partial charge in [-0.2, -0.15) is 0 Å². The van der Waals surface area contributed by atoms with Gasteiger partial charge in [-0.3, -0.25) is 0 Å². The molecule has 1 heterocycles. The minimum Gasteiger partial charge on any atom is -0.239 e. The molecule has 0 unspecified atom stereocenters. The Balaban J connectivity index is 1.94. The van der Waals surface area contributed by atoms with E-state index >= 15 is 0 Å². The molecule has 0 aliphatic rings. The van der Waals surface area contributed by atoms with Crippen LogP contribution in [0.4, 0.5) is 4.39 Å². The Kier molecular flexibility index (Phi) is 4.32. The zero-order valence-corrected chi connectivity index (χ0v) is 13.1. The van der Waals surface area contributed by atoms with Crippen molar-refractivity contribution in [2.75, 3.05) is 0 Å². The fraction of sp³-hybridized carbons (Fsp3) is 0. The Bertz CT molecular complexity index is 863. The maximum atomic E-state index is 13.8. The largest absolute Gasteiger partial charge is 0.239 e. The molecular formula is C19H11BrFN. The average molecular weight is 352 g/mol. The molecule has 106 valence electrons. The molecule has 0 fully saturated rings. The first-order valence-corrected chi connectivity index (χ1v) is 7.52. The number of benzene rings is 2. The summed E-state index contributed by atoms with van der Waals surface area (Å²) < 4.78 is 14.4. The van der Waals surface area contributed by atoms with Gasteiger partial charge in [0, 0.05) is 11.1 Å². The molecule has 22 heavy (non-hydrogen) atoms. The summed E-state index contributed by atoms with van der Waals surface area (Å²) in [5.41, 5.74) is 2.76. The van der Waals surface area contributed by atoms with Crippen molar-refractivity contribution >= 4 is 15.9 Å². The second kappa shape index (κ2) is 6.55. The highest BCUT2D eigenvalue weighted by molar-refractivity contribution is 9.10. The average Bonchev–Trinajstić information content (AvgIpc) is 2.55. The van der Waals surface area contributed by atoms with E-state index in [0.717, 1.165) is 11.1 Å². The van der Waals surface area contributed by atoms with Gasteiger partial charge < -0.3 is 0 Å². The molecule has 0 spiro atoms. The molecule has 0 bridgehead atoms. The van der Waals surface area contributed by atoms with Crippen molar-refractivity contribution in [3.63, 3.8) is 0 Å². The van der Waals surface area contributed by atoms with E-state index in [1.165, 1.54) is 6.07 Å². The van der Waals surface area contributed by atoms with Gasteiger partial charge in [0.2, 0.25) is 0 Å². The number of halogens is 2. The van der Waals surface area contributed by atoms with Crippen LogP contribution in [0.25, 0.3) is 11.3 Å². The lowest BCUT2D eigenvalue weighted by Gasteiger charge is -2.04. The monoisotopic (exact) mass is 351 g/mol. The molecule has 0 saturated heterocycles. The second-order valence-electron chi connectivity index (χ2n) is 4.63. The van der Waals surface area contributed by atoms with E-state index in [2.05, 4.69) is 32.8 Å². The minimum absolute atomic E-state index is 0.287. The van der Waals surface area contributed by atoms with Crippen molar-refractivity contribution in [3.8, 4) is 23.1 Å². The summed E-state index contributed by atoms with van der Waals surface area (Å²) in [7, 11) is 0. The zero-order chi connectivity index (χ0) is 15.4. The standard InChI is InChI=1S/C19H11BrFN/c20-19-15(11-10-14-6-2-1-3-7-14)12-13-18(22-19)16-8-4-5-9-17(16)21/h1-9,12-13H. The molecule has 1 aromatic heterocycles. The van der Waals surface area contributed by atoms with Crippen molar-refractivity contribution in [1.82, 2.24) is 4.98 Å². The first-order chi connectivity index (χ1) is 10.7. The third-order valence-corrected chi connectivity index (χ3v) is 3.72. The predicted molar refractivity (Wildman–Crippen MR) is 89.8 cm³/mol. The highest BCUT2D eigenvalue weighted by Gasteiger charge is 2.07. The summed E-state index contributed by atoms with van der Waals surface area (Å²) in [5, 5.41) is 0. The summed E-state index contributed by atoms with van der Waals surface area (Å²) in [4.78, 5) is 4.39. The van der Waals surface area contributed by atoms with E-state index in [9.17, 15) is 4.39 Å². The van der Waals surface area contributed by atoms with E-state index in [4.69, 9.17) is 0 Å². The first kappa shape index (κ1) is 14.5. The van der Waals surface area contributed by atoms with Gasteiger partial charge in [-0.25, -0.2) is 9.37 Å². The van der Waals surface area contributed by atoms with Crippen LogP contribution in [0.2, 0.25) is 0 Å². The molecule has 2 aromatic carbocycles. The number of pyridine rings is 1. The fourth-order valence-electron chi connectivity index (χ4n) is 2.01. The Hall–Kier alpha value is -2.44. The summed E-state index contributed by atoms with van der Waals surface area (Å²) in [6.45, 7) is 0. The number of nitrogens with zero attached hydrogens (tertiary/aromatic N) is 1. The Morgan fingerprint density at radius 3 is 2.27 bits per heavy atom. The molecule has 3 aromatic rings. The van der Waals surface area contributed by atoms with Crippen molar-refractivity contribution in [2.45, 2.75) is 0 Å². The molecule has 1 nitrogen and oxygen atoms in total. The van der Waals surface area contributed by atoms with Crippen molar-refractivity contribution < 1.29 is 4.39 Å². The lowest BCUT2D eigenvalue weighted by Crippen LogP contribution is -1.90. The van der Waals surface area contributed by atoms with Gasteiger partial charge in [-0.05, 0) is 52.3 Å². The third kappa shape index (κ3) is 3.24. The Morgan fingerprint density at radius 1 is 0.818 bits per heavy atom. The van der Waals surface area contributed by atoms with Crippen LogP contribution >= 0.6 is 15.9 Å². The summed E-state index contributed by atoms with van der Waals surface area (Å²) in [6, 6.07) is 19.9. The quantitative estimate of drug-likeness (QED) is 0.441. The van der Waals surface area contributed by atoms with Crippen LogP contribution in [0.3, 0.4) is 0 Å². The van der Waals surface area contributed by atoms with Gasteiger partial charge >= 0.3 is 0 Å². The molecule has 3 rings (SSSR count). The molecule has 0 N–H and O–H groups in total. The zero-order valence-electron chi connectivity index (χ0n) is 11.6. The van der Waals surface area contributed by atoms with Crippen molar-refractivity contribution in [2.24, 2.45) is 0 Å². The number of hydrogen-bond acceptors (Lipinski definition) is 1. The van der Waals surface area contributed by atoms with Gasteiger partial charge in [-0.15, -0.1) is 0 Å². The summed E-state index contributed by atoms with van der Waals surface area (Å²) in [6.07, 6.45) is 0. The number of rotatable bonds is 1. The molecular weight excluding hydrogens is 341 g/mol. The van der Waals surface area contributed by atoms with Gasteiger partial charge in [0.1, 0.15) is 10.4 Å². The van der Waals surface area contributed by atoms with E-state index in [1.807, 2.05) is 36.4 Å². The molecule has 0 amide bonds. The summed E-state index contributed by atoms with van der Waals surface area (Å²) >= 11 is 3.41. The Morgan fingerprint density at radius 2 is 1.55 bits per heavy atom. The normalized spacial score (nSPS) is 9.91. The lowest BCUT2D eigenvalue weighted by atomic mass is 10.1. The molecule has 0 radical (unpaired) electrons. The fourth-order valence-corrected chi connectivity index (χ4v) is 2.43. The highest BCUT2D eigenvalue weighted by Crippen LogP contribution is 2.24. The molecule has 0 atom stereocenters. The molecule has 0 aliphatic heterocycles. The smallest absolute Gasteiger partial charge is 0.132 e. The first-order valence-electron chi connectivity index (χ1n) is 6.72. The van der Waals surface area contributed by atoms with Gasteiger partial charge in [0.05, 0.1) is 11.3 Å². The SMILES string of the molecule is Fc1ccccc1-c1ccc(C#Cc2ccccc2)c(Br)n1. The van der Waals surface area contributed by atoms with E-state index in [-0.39, 0.29) is 5.82 Å².